The van der Waals surface area contributed by atoms with Gasteiger partial charge in [0, 0.05) is 28.3 Å². The number of ether oxygens (including phenoxy) is 2. The van der Waals surface area contributed by atoms with Crippen molar-refractivity contribution in [1.29, 1.82) is 0 Å². The van der Waals surface area contributed by atoms with E-state index in [1.165, 1.54) is 0 Å². The van der Waals surface area contributed by atoms with Gasteiger partial charge in [0.1, 0.15) is 0 Å². The van der Waals surface area contributed by atoms with Crippen molar-refractivity contribution < 1.29 is 9.47 Å². The minimum atomic E-state index is -0.470. The van der Waals surface area contributed by atoms with Gasteiger partial charge in [-0.15, -0.1) is 0 Å². The molecule has 0 atom stereocenters. The zero-order valence-electron chi connectivity index (χ0n) is 14.1. The molecule has 0 unspecified atom stereocenters. The number of halogens is 1. The van der Waals surface area contributed by atoms with E-state index in [9.17, 15) is 0 Å². The largest absolute Gasteiger partial charge is 0.341 e. The quantitative estimate of drug-likeness (QED) is 0.591. The minimum absolute atomic E-state index is 0.318. The molecule has 1 fully saturated rings. The molecule has 0 aliphatic carbocycles. The molecule has 1 aromatic heterocycles. The van der Waals surface area contributed by atoms with Gasteiger partial charge in [0.25, 0.3) is 0 Å². The smallest absolute Gasteiger partial charge is 0.222 e. The summed E-state index contributed by atoms with van der Waals surface area (Å²) < 4.78 is 11.3. The van der Waals surface area contributed by atoms with Crippen LogP contribution in [-0.4, -0.2) is 24.5 Å². The van der Waals surface area contributed by atoms with E-state index in [0.29, 0.717) is 24.2 Å². The summed E-state index contributed by atoms with van der Waals surface area (Å²) in [6.07, 6.45) is 6.59. The molecule has 0 bridgehead atoms. The van der Waals surface area contributed by atoms with Crippen molar-refractivity contribution in [2.24, 2.45) is 5.92 Å². The Hall–Kier alpha value is -2.12. The summed E-state index contributed by atoms with van der Waals surface area (Å²) in [5.74, 6) is 6.38. The molecular formula is C21H20ClNO2. The number of allylic oxidation sites excluding steroid dienone is 1. The van der Waals surface area contributed by atoms with Crippen molar-refractivity contribution in [1.82, 2.24) is 4.98 Å². The molecular weight excluding hydrogens is 334 g/mol. The highest BCUT2D eigenvalue weighted by atomic mass is 35.5. The third-order valence-corrected chi connectivity index (χ3v) is 4.06. The van der Waals surface area contributed by atoms with Crippen LogP contribution in [0.4, 0.5) is 0 Å². The zero-order chi connectivity index (χ0) is 17.5. The molecule has 2 aromatic rings. The first kappa shape index (κ1) is 17.7. The summed E-state index contributed by atoms with van der Waals surface area (Å²) >= 11 is 5.91. The number of hydrogen-bond acceptors (Lipinski definition) is 3. The first-order chi connectivity index (χ1) is 12.2. The topological polar surface area (TPSA) is 31.4 Å². The van der Waals surface area contributed by atoms with Gasteiger partial charge in [0.2, 0.25) is 6.29 Å². The molecule has 3 nitrogen and oxygen atoms in total. The van der Waals surface area contributed by atoms with Crippen molar-refractivity contribution in [2.45, 2.75) is 19.6 Å². The molecule has 0 radical (unpaired) electrons. The molecule has 0 saturated carbocycles. The van der Waals surface area contributed by atoms with Gasteiger partial charge in [0.15, 0.2) is 0 Å². The monoisotopic (exact) mass is 353 g/mol. The predicted octanol–water partition coefficient (Wildman–Crippen LogP) is 4.71. The summed E-state index contributed by atoms with van der Waals surface area (Å²) in [5, 5.41) is 0.714. The van der Waals surface area contributed by atoms with Gasteiger partial charge >= 0.3 is 0 Å². The first-order valence-corrected chi connectivity index (χ1v) is 8.76. The van der Waals surface area contributed by atoms with E-state index in [1.54, 1.807) is 6.20 Å². The Kier molecular flexibility index (Phi) is 6.25. The van der Waals surface area contributed by atoms with Crippen LogP contribution >= 0.6 is 11.6 Å². The highest BCUT2D eigenvalue weighted by Gasteiger charge is 2.18. The fourth-order valence-corrected chi connectivity index (χ4v) is 2.57. The van der Waals surface area contributed by atoms with Crippen LogP contribution in [-0.2, 0) is 9.47 Å². The SMILES string of the molecule is CC/C=C/C1COC(C#Cc2ccc(-c3ccc(Cl)cc3)nc2)OC1. The predicted molar refractivity (Wildman–Crippen MR) is 100 cm³/mol. The minimum Gasteiger partial charge on any atom is -0.341 e. The highest BCUT2D eigenvalue weighted by molar-refractivity contribution is 6.30. The Morgan fingerprint density at radius 3 is 2.56 bits per heavy atom. The average molecular weight is 354 g/mol. The highest BCUT2D eigenvalue weighted by Crippen LogP contribution is 2.19. The second kappa shape index (κ2) is 8.82. The molecule has 1 saturated heterocycles. The van der Waals surface area contributed by atoms with Gasteiger partial charge in [-0.1, -0.05) is 48.7 Å². The van der Waals surface area contributed by atoms with Crippen molar-refractivity contribution in [3.05, 3.63) is 65.3 Å². The number of hydrogen-bond donors (Lipinski definition) is 0. The van der Waals surface area contributed by atoms with Crippen LogP contribution in [0.1, 0.15) is 18.9 Å². The summed E-state index contributed by atoms with van der Waals surface area (Å²) in [6, 6.07) is 11.5. The molecule has 0 amide bonds. The van der Waals surface area contributed by atoms with Crippen LogP contribution in [0.3, 0.4) is 0 Å². The van der Waals surface area contributed by atoms with E-state index in [4.69, 9.17) is 21.1 Å². The van der Waals surface area contributed by atoms with E-state index in [-0.39, 0.29) is 0 Å². The number of benzene rings is 1. The molecule has 1 aliphatic heterocycles. The average Bonchev–Trinajstić information content (AvgIpc) is 2.67. The summed E-state index contributed by atoms with van der Waals surface area (Å²) in [6.45, 7) is 3.40. The van der Waals surface area contributed by atoms with Crippen molar-refractivity contribution >= 4 is 11.6 Å². The van der Waals surface area contributed by atoms with Gasteiger partial charge in [-0.2, -0.15) is 0 Å². The summed E-state index contributed by atoms with van der Waals surface area (Å²) in [7, 11) is 0. The van der Waals surface area contributed by atoms with Gasteiger partial charge < -0.3 is 9.47 Å². The Balaban J connectivity index is 1.58. The molecule has 1 aliphatic rings. The van der Waals surface area contributed by atoms with E-state index >= 15 is 0 Å². The molecule has 0 N–H and O–H groups in total. The molecule has 4 heteroatoms. The maximum Gasteiger partial charge on any atom is 0.222 e. The van der Waals surface area contributed by atoms with Crippen LogP contribution < -0.4 is 0 Å². The maximum absolute atomic E-state index is 5.91. The third kappa shape index (κ3) is 5.17. The van der Waals surface area contributed by atoms with E-state index in [1.807, 2.05) is 36.4 Å². The van der Waals surface area contributed by atoms with Gasteiger partial charge in [0.05, 0.1) is 18.9 Å². The lowest BCUT2D eigenvalue weighted by atomic mass is 10.1. The van der Waals surface area contributed by atoms with Crippen LogP contribution in [0.2, 0.25) is 5.02 Å². The fourth-order valence-electron chi connectivity index (χ4n) is 2.44. The Morgan fingerprint density at radius 2 is 1.92 bits per heavy atom. The van der Waals surface area contributed by atoms with Crippen molar-refractivity contribution in [3.63, 3.8) is 0 Å². The number of rotatable bonds is 3. The summed E-state index contributed by atoms with van der Waals surface area (Å²) in [5.41, 5.74) is 2.74. The van der Waals surface area contributed by atoms with E-state index < -0.39 is 6.29 Å². The lowest BCUT2D eigenvalue weighted by molar-refractivity contribution is -0.160. The van der Waals surface area contributed by atoms with Gasteiger partial charge in [-0.05, 0) is 36.6 Å². The van der Waals surface area contributed by atoms with Gasteiger partial charge in [-0.25, -0.2) is 0 Å². The lowest BCUT2D eigenvalue weighted by Crippen LogP contribution is -2.30. The second-order valence-electron chi connectivity index (χ2n) is 5.80. The van der Waals surface area contributed by atoms with Gasteiger partial charge in [-0.3, -0.25) is 4.98 Å². The van der Waals surface area contributed by atoms with Crippen molar-refractivity contribution in [2.75, 3.05) is 13.2 Å². The zero-order valence-corrected chi connectivity index (χ0v) is 14.9. The Morgan fingerprint density at radius 1 is 1.16 bits per heavy atom. The second-order valence-corrected chi connectivity index (χ2v) is 6.24. The molecule has 1 aromatic carbocycles. The number of pyridine rings is 1. The van der Waals surface area contributed by atoms with Crippen LogP contribution in [0.5, 0.6) is 0 Å². The molecule has 128 valence electrons. The Labute approximate surface area is 153 Å². The molecule has 2 heterocycles. The molecule has 25 heavy (non-hydrogen) atoms. The van der Waals surface area contributed by atoms with E-state index in [2.05, 4.69) is 35.9 Å². The number of nitrogens with zero attached hydrogens (tertiary/aromatic N) is 1. The lowest BCUT2D eigenvalue weighted by Gasteiger charge is -2.24. The molecule has 3 rings (SSSR count). The Bertz CT molecular complexity index is 764. The fraction of sp³-hybridized carbons (Fsp3) is 0.286. The third-order valence-electron chi connectivity index (χ3n) is 3.81. The summed E-state index contributed by atoms with van der Waals surface area (Å²) in [4.78, 5) is 4.45. The normalized spacial score (nSPS) is 20.2. The van der Waals surface area contributed by atoms with Crippen LogP contribution in [0.25, 0.3) is 11.3 Å². The first-order valence-electron chi connectivity index (χ1n) is 8.38. The van der Waals surface area contributed by atoms with Crippen LogP contribution in [0, 0.1) is 17.8 Å². The van der Waals surface area contributed by atoms with E-state index in [0.717, 1.165) is 23.2 Å². The molecule has 0 spiro atoms. The number of aromatic nitrogens is 1. The standard InChI is InChI=1S/C21H20ClNO2/c1-2-3-4-17-14-24-21(25-15-17)12-6-16-5-11-20(23-13-16)18-7-9-19(22)10-8-18/h3-5,7-11,13,17,21H,2,14-15H2,1H3/b4-3+. The van der Waals surface area contributed by atoms with Crippen LogP contribution in [0.15, 0.2) is 54.7 Å². The maximum atomic E-state index is 5.91. The van der Waals surface area contributed by atoms with Crippen molar-refractivity contribution in [3.8, 4) is 23.1 Å².